The average molecular weight is 306 g/mol. The second-order valence-corrected chi connectivity index (χ2v) is 7.27. The van der Waals surface area contributed by atoms with Crippen LogP contribution in [0.4, 0.5) is 0 Å². The van der Waals surface area contributed by atoms with Gasteiger partial charge in [0.05, 0.1) is 24.5 Å². The second-order valence-electron chi connectivity index (χ2n) is 5.04. The number of hydrogen-bond acceptors (Lipinski definition) is 5. The molecule has 8 heteroatoms. The summed E-state index contributed by atoms with van der Waals surface area (Å²) >= 11 is 0. The summed E-state index contributed by atoms with van der Waals surface area (Å²) in [5.74, 6) is -1.45. The minimum absolute atomic E-state index is 0.0225. The molecule has 1 atom stereocenters. The quantitative estimate of drug-likeness (QED) is 0.613. The minimum Gasteiger partial charge on any atom is -0.481 e. The molecule has 7 nitrogen and oxygen atoms in total. The molecule has 20 heavy (non-hydrogen) atoms. The van der Waals surface area contributed by atoms with Gasteiger partial charge in [-0.15, -0.1) is 0 Å². The van der Waals surface area contributed by atoms with Crippen LogP contribution in [0.25, 0.3) is 0 Å². The van der Waals surface area contributed by atoms with Gasteiger partial charge in [-0.1, -0.05) is 13.3 Å². The number of nitrogens with one attached hydrogen (secondary N) is 1. The number of carboxylic acid groups (broad SMARTS) is 1. The predicted molar refractivity (Wildman–Crippen MR) is 74.2 cm³/mol. The van der Waals surface area contributed by atoms with Crippen molar-refractivity contribution < 1.29 is 23.1 Å². The van der Waals surface area contributed by atoms with E-state index < -0.39 is 21.8 Å². The van der Waals surface area contributed by atoms with Crippen LogP contribution in [-0.4, -0.2) is 67.5 Å². The average Bonchev–Trinajstić information content (AvgIpc) is 2.32. The summed E-state index contributed by atoms with van der Waals surface area (Å²) in [6.45, 7) is 2.87. The van der Waals surface area contributed by atoms with Gasteiger partial charge in [0.15, 0.2) is 9.84 Å². The van der Waals surface area contributed by atoms with Crippen molar-refractivity contribution in [1.82, 2.24) is 10.2 Å². The standard InChI is InChI=1S/C12H22N2O5S/c1-2-3-4-13-11(15)8-14-5-6-20(18,19)9-10(14)7-12(16)17/h10H,2-9H2,1H3,(H,13,15)(H,16,17). The molecular weight excluding hydrogens is 284 g/mol. The molecule has 1 amide bonds. The number of sulfone groups is 1. The molecule has 0 aromatic rings. The van der Waals surface area contributed by atoms with Crippen molar-refractivity contribution in [2.24, 2.45) is 0 Å². The van der Waals surface area contributed by atoms with E-state index in [9.17, 15) is 18.0 Å². The molecule has 1 saturated heterocycles. The molecule has 2 N–H and O–H groups in total. The molecule has 1 heterocycles. The molecule has 0 bridgehead atoms. The summed E-state index contributed by atoms with van der Waals surface area (Å²) in [6.07, 6.45) is 1.60. The Hall–Kier alpha value is -1.15. The second kappa shape index (κ2) is 7.58. The van der Waals surface area contributed by atoms with Crippen LogP contribution >= 0.6 is 0 Å². The molecule has 0 aromatic heterocycles. The number of aliphatic carboxylic acids is 1. The molecule has 0 aliphatic carbocycles. The Balaban J connectivity index is 2.56. The van der Waals surface area contributed by atoms with E-state index in [-0.39, 0.29) is 36.9 Å². The van der Waals surface area contributed by atoms with Gasteiger partial charge in [0, 0.05) is 19.1 Å². The molecular formula is C12H22N2O5S. The topological polar surface area (TPSA) is 104 Å². The highest BCUT2D eigenvalue weighted by Crippen LogP contribution is 2.14. The monoisotopic (exact) mass is 306 g/mol. The van der Waals surface area contributed by atoms with Crippen LogP contribution < -0.4 is 5.32 Å². The van der Waals surface area contributed by atoms with Crippen molar-refractivity contribution in [3.63, 3.8) is 0 Å². The van der Waals surface area contributed by atoms with Crippen LogP contribution in [0.5, 0.6) is 0 Å². The van der Waals surface area contributed by atoms with Crippen LogP contribution in [0.2, 0.25) is 0 Å². The zero-order chi connectivity index (χ0) is 15.2. The molecule has 0 radical (unpaired) electrons. The first kappa shape index (κ1) is 16.9. The Morgan fingerprint density at radius 1 is 1.40 bits per heavy atom. The summed E-state index contributed by atoms with van der Waals surface area (Å²) < 4.78 is 23.1. The van der Waals surface area contributed by atoms with Crippen LogP contribution in [0.15, 0.2) is 0 Å². The Bertz CT molecular complexity index is 449. The van der Waals surface area contributed by atoms with Gasteiger partial charge < -0.3 is 10.4 Å². The van der Waals surface area contributed by atoms with Gasteiger partial charge in [-0.2, -0.15) is 0 Å². The number of carboxylic acids is 1. The Morgan fingerprint density at radius 3 is 2.70 bits per heavy atom. The molecule has 1 rings (SSSR count). The van der Waals surface area contributed by atoms with Gasteiger partial charge in [-0.05, 0) is 6.42 Å². The highest BCUT2D eigenvalue weighted by Gasteiger charge is 2.33. The lowest BCUT2D eigenvalue weighted by molar-refractivity contribution is -0.138. The lowest BCUT2D eigenvalue weighted by Gasteiger charge is -2.33. The maximum Gasteiger partial charge on any atom is 0.304 e. The van der Waals surface area contributed by atoms with Gasteiger partial charge in [0.2, 0.25) is 5.91 Å². The van der Waals surface area contributed by atoms with Crippen molar-refractivity contribution in [3.8, 4) is 0 Å². The highest BCUT2D eigenvalue weighted by molar-refractivity contribution is 7.91. The predicted octanol–water partition coefficient (Wildman–Crippen LogP) is -0.524. The van der Waals surface area contributed by atoms with Gasteiger partial charge in [0.25, 0.3) is 0 Å². The van der Waals surface area contributed by atoms with E-state index >= 15 is 0 Å². The third-order valence-corrected chi connectivity index (χ3v) is 4.96. The Morgan fingerprint density at radius 2 is 2.10 bits per heavy atom. The number of rotatable bonds is 7. The maximum absolute atomic E-state index is 11.7. The molecule has 116 valence electrons. The molecule has 1 aliphatic rings. The van der Waals surface area contributed by atoms with E-state index in [2.05, 4.69) is 5.32 Å². The van der Waals surface area contributed by atoms with Crippen molar-refractivity contribution in [3.05, 3.63) is 0 Å². The number of carbonyl (C=O) groups is 2. The minimum atomic E-state index is -3.20. The fourth-order valence-electron chi connectivity index (χ4n) is 2.16. The fraction of sp³-hybridized carbons (Fsp3) is 0.833. The van der Waals surface area contributed by atoms with E-state index in [1.807, 2.05) is 6.92 Å². The van der Waals surface area contributed by atoms with Gasteiger partial charge in [0.1, 0.15) is 0 Å². The van der Waals surface area contributed by atoms with Gasteiger partial charge in [-0.3, -0.25) is 14.5 Å². The lowest BCUT2D eigenvalue weighted by atomic mass is 10.2. The van der Waals surface area contributed by atoms with Gasteiger partial charge in [-0.25, -0.2) is 8.42 Å². The van der Waals surface area contributed by atoms with Crippen LogP contribution in [-0.2, 0) is 19.4 Å². The maximum atomic E-state index is 11.7. The van der Waals surface area contributed by atoms with Crippen LogP contribution in [0.1, 0.15) is 26.2 Å². The number of unbranched alkanes of at least 4 members (excludes halogenated alkanes) is 1. The van der Waals surface area contributed by atoms with Crippen LogP contribution in [0, 0.1) is 0 Å². The van der Waals surface area contributed by atoms with Gasteiger partial charge >= 0.3 is 5.97 Å². The number of nitrogens with zero attached hydrogens (tertiary/aromatic N) is 1. The van der Waals surface area contributed by atoms with Crippen molar-refractivity contribution >= 4 is 21.7 Å². The Labute approximate surface area is 119 Å². The number of hydrogen-bond donors (Lipinski definition) is 2. The molecule has 1 aliphatic heterocycles. The van der Waals surface area contributed by atoms with E-state index in [1.54, 1.807) is 4.90 Å². The normalized spacial score (nSPS) is 22.4. The molecule has 1 unspecified atom stereocenters. The molecule has 0 aromatic carbocycles. The summed E-state index contributed by atoms with van der Waals surface area (Å²) in [6, 6.07) is -0.622. The van der Waals surface area contributed by atoms with E-state index in [4.69, 9.17) is 5.11 Å². The first-order chi connectivity index (χ1) is 9.34. The van der Waals surface area contributed by atoms with Crippen LogP contribution in [0.3, 0.4) is 0 Å². The summed E-state index contributed by atoms with van der Waals surface area (Å²) in [5, 5.41) is 11.6. The summed E-state index contributed by atoms with van der Waals surface area (Å²) in [4.78, 5) is 24.2. The SMILES string of the molecule is CCCCNC(=O)CN1CCS(=O)(=O)CC1CC(=O)O. The van der Waals surface area contributed by atoms with Crippen molar-refractivity contribution in [2.45, 2.75) is 32.2 Å². The summed E-state index contributed by atoms with van der Waals surface area (Å²) in [5.41, 5.74) is 0. The van der Waals surface area contributed by atoms with E-state index in [0.717, 1.165) is 12.8 Å². The highest BCUT2D eigenvalue weighted by atomic mass is 32.2. The third kappa shape index (κ3) is 5.87. The van der Waals surface area contributed by atoms with Crippen molar-refractivity contribution in [1.29, 1.82) is 0 Å². The fourth-order valence-corrected chi connectivity index (χ4v) is 3.76. The molecule has 1 fully saturated rings. The lowest BCUT2D eigenvalue weighted by Crippen LogP contribution is -2.52. The Kier molecular flexibility index (Phi) is 6.41. The van der Waals surface area contributed by atoms with E-state index in [0.29, 0.717) is 6.54 Å². The number of amides is 1. The first-order valence-corrected chi connectivity index (χ1v) is 8.59. The smallest absolute Gasteiger partial charge is 0.304 e. The molecule has 0 saturated carbocycles. The van der Waals surface area contributed by atoms with E-state index in [1.165, 1.54) is 0 Å². The number of carbonyl (C=O) groups excluding carboxylic acids is 1. The third-order valence-electron chi connectivity index (χ3n) is 3.26. The zero-order valence-corrected chi connectivity index (χ0v) is 12.5. The first-order valence-electron chi connectivity index (χ1n) is 6.77. The summed E-state index contributed by atoms with van der Waals surface area (Å²) in [7, 11) is -3.20. The molecule has 0 spiro atoms. The largest absolute Gasteiger partial charge is 0.481 e. The zero-order valence-electron chi connectivity index (χ0n) is 11.7. The van der Waals surface area contributed by atoms with Crippen molar-refractivity contribution in [2.75, 3.05) is 31.1 Å².